The lowest BCUT2D eigenvalue weighted by Crippen LogP contribution is -2.61. The van der Waals surface area contributed by atoms with E-state index in [-0.39, 0.29) is 11.4 Å². The minimum absolute atomic E-state index is 0.158. The van der Waals surface area contributed by atoms with Gasteiger partial charge in [0.05, 0.1) is 11.2 Å². The van der Waals surface area contributed by atoms with Crippen LogP contribution in [0.4, 0.5) is 10.1 Å². The number of anilines is 1. The summed E-state index contributed by atoms with van der Waals surface area (Å²) in [6.45, 7) is 2.52. The number of nitrogens with two attached hydrogens (primary N) is 1. The van der Waals surface area contributed by atoms with Gasteiger partial charge < -0.3 is 15.5 Å². The van der Waals surface area contributed by atoms with Crippen LogP contribution in [0, 0.1) is 5.82 Å². The van der Waals surface area contributed by atoms with Gasteiger partial charge in [-0.05, 0) is 38.6 Å². The molecule has 0 amide bonds. The van der Waals surface area contributed by atoms with E-state index >= 15 is 0 Å². The molecule has 2 N–H and O–H groups in total. The van der Waals surface area contributed by atoms with Crippen molar-refractivity contribution in [1.29, 1.82) is 0 Å². The summed E-state index contributed by atoms with van der Waals surface area (Å²) in [4.78, 5) is 4.30. The standard InChI is InChI=1S/C14H22FN3/c1-17-9-5-8-14(10-16,11-17)18(2)13-7-4-3-6-12(13)15/h3-4,6-7H,5,8-11,16H2,1-2H3. The van der Waals surface area contributed by atoms with Crippen LogP contribution in [0.15, 0.2) is 24.3 Å². The lowest BCUT2D eigenvalue weighted by molar-refractivity contribution is 0.178. The molecule has 1 aromatic rings. The molecule has 1 aliphatic heterocycles. The number of nitrogens with zero attached hydrogens (tertiary/aromatic N) is 2. The van der Waals surface area contributed by atoms with Crippen molar-refractivity contribution in [3.63, 3.8) is 0 Å². The first-order chi connectivity index (χ1) is 8.59. The Morgan fingerprint density at radius 2 is 2.17 bits per heavy atom. The molecule has 1 aromatic carbocycles. The molecule has 0 aliphatic carbocycles. The van der Waals surface area contributed by atoms with E-state index < -0.39 is 0 Å². The predicted molar refractivity (Wildman–Crippen MR) is 73.3 cm³/mol. The smallest absolute Gasteiger partial charge is 0.146 e. The molecule has 4 heteroatoms. The van der Waals surface area contributed by atoms with Gasteiger partial charge in [0, 0.05) is 20.1 Å². The van der Waals surface area contributed by atoms with Gasteiger partial charge in [0.1, 0.15) is 5.82 Å². The molecule has 0 radical (unpaired) electrons. The molecule has 3 nitrogen and oxygen atoms in total. The molecule has 1 heterocycles. The highest BCUT2D eigenvalue weighted by Crippen LogP contribution is 2.31. The molecule has 1 fully saturated rings. The molecule has 1 saturated heterocycles. The molecule has 1 atom stereocenters. The van der Waals surface area contributed by atoms with Crippen LogP contribution >= 0.6 is 0 Å². The van der Waals surface area contributed by atoms with Crippen LogP contribution in [0.5, 0.6) is 0 Å². The van der Waals surface area contributed by atoms with E-state index in [0.717, 1.165) is 25.9 Å². The second-order valence-corrected chi connectivity index (χ2v) is 5.28. The fraction of sp³-hybridized carbons (Fsp3) is 0.571. The largest absolute Gasteiger partial charge is 0.364 e. The number of halogens is 1. The third-order valence-corrected chi connectivity index (χ3v) is 4.05. The van der Waals surface area contributed by atoms with Crippen LogP contribution in [-0.2, 0) is 0 Å². The first-order valence-corrected chi connectivity index (χ1v) is 6.46. The molecule has 1 aliphatic rings. The lowest BCUT2D eigenvalue weighted by Gasteiger charge is -2.48. The molecule has 0 saturated carbocycles. The fourth-order valence-corrected chi connectivity index (χ4v) is 2.90. The Labute approximate surface area is 108 Å². The summed E-state index contributed by atoms with van der Waals surface area (Å²) in [5.41, 5.74) is 6.48. The maximum absolute atomic E-state index is 13.9. The number of piperidine rings is 1. The summed E-state index contributed by atoms with van der Waals surface area (Å²) in [6.07, 6.45) is 2.12. The molecule has 0 aromatic heterocycles. The van der Waals surface area contributed by atoms with Crippen molar-refractivity contribution in [3.05, 3.63) is 30.1 Å². The van der Waals surface area contributed by atoms with Gasteiger partial charge in [-0.1, -0.05) is 12.1 Å². The molecular formula is C14H22FN3. The summed E-state index contributed by atoms with van der Waals surface area (Å²) in [5, 5.41) is 0. The predicted octanol–water partition coefficient (Wildman–Crippen LogP) is 1.68. The number of rotatable bonds is 3. The topological polar surface area (TPSA) is 32.5 Å². The summed E-state index contributed by atoms with van der Waals surface area (Å²) in [7, 11) is 4.04. The third kappa shape index (κ3) is 2.35. The van der Waals surface area contributed by atoms with Crippen LogP contribution in [-0.4, -0.2) is 44.2 Å². The van der Waals surface area contributed by atoms with E-state index in [1.165, 1.54) is 6.07 Å². The van der Waals surface area contributed by atoms with Crippen LogP contribution in [0.1, 0.15) is 12.8 Å². The molecular weight excluding hydrogens is 229 g/mol. The molecule has 0 spiro atoms. The van der Waals surface area contributed by atoms with Gasteiger partial charge in [-0.3, -0.25) is 0 Å². The van der Waals surface area contributed by atoms with Crippen LogP contribution in [0.2, 0.25) is 0 Å². The zero-order valence-corrected chi connectivity index (χ0v) is 11.2. The minimum atomic E-state index is -0.180. The van der Waals surface area contributed by atoms with Gasteiger partial charge in [0.2, 0.25) is 0 Å². The number of benzene rings is 1. The monoisotopic (exact) mass is 251 g/mol. The third-order valence-electron chi connectivity index (χ3n) is 4.05. The Hall–Kier alpha value is -1.13. The van der Waals surface area contributed by atoms with Gasteiger partial charge >= 0.3 is 0 Å². The van der Waals surface area contributed by atoms with Crippen LogP contribution in [0.25, 0.3) is 0 Å². The van der Waals surface area contributed by atoms with E-state index in [0.29, 0.717) is 12.2 Å². The van der Waals surface area contributed by atoms with Crippen molar-refractivity contribution < 1.29 is 4.39 Å². The minimum Gasteiger partial charge on any atom is -0.364 e. The Morgan fingerprint density at radius 1 is 1.44 bits per heavy atom. The number of likely N-dealkylation sites (N-methyl/N-ethyl adjacent to an activating group) is 2. The number of likely N-dealkylation sites (tertiary alicyclic amines) is 1. The fourth-order valence-electron chi connectivity index (χ4n) is 2.90. The molecule has 0 bridgehead atoms. The molecule has 18 heavy (non-hydrogen) atoms. The second-order valence-electron chi connectivity index (χ2n) is 5.28. The number of para-hydroxylation sites is 1. The van der Waals surface area contributed by atoms with Gasteiger partial charge in [-0.2, -0.15) is 0 Å². The van der Waals surface area contributed by atoms with Crippen molar-refractivity contribution >= 4 is 5.69 Å². The molecule has 100 valence electrons. The van der Waals surface area contributed by atoms with Crippen LogP contribution in [0.3, 0.4) is 0 Å². The Bertz CT molecular complexity index is 410. The Morgan fingerprint density at radius 3 is 2.78 bits per heavy atom. The average molecular weight is 251 g/mol. The van der Waals surface area contributed by atoms with E-state index in [9.17, 15) is 4.39 Å². The maximum Gasteiger partial charge on any atom is 0.146 e. The van der Waals surface area contributed by atoms with Crippen molar-refractivity contribution in [2.45, 2.75) is 18.4 Å². The first-order valence-electron chi connectivity index (χ1n) is 6.46. The van der Waals surface area contributed by atoms with Crippen molar-refractivity contribution in [2.24, 2.45) is 5.73 Å². The molecule has 1 unspecified atom stereocenters. The lowest BCUT2D eigenvalue weighted by atomic mass is 9.87. The second kappa shape index (κ2) is 5.24. The SMILES string of the molecule is CN1CCCC(CN)(N(C)c2ccccc2F)C1. The van der Waals surface area contributed by atoms with Gasteiger partial charge in [0.25, 0.3) is 0 Å². The number of hydrogen-bond acceptors (Lipinski definition) is 3. The van der Waals surface area contributed by atoms with Crippen molar-refractivity contribution in [3.8, 4) is 0 Å². The highest BCUT2D eigenvalue weighted by atomic mass is 19.1. The zero-order valence-electron chi connectivity index (χ0n) is 11.2. The first kappa shape index (κ1) is 13.3. The van der Waals surface area contributed by atoms with E-state index in [4.69, 9.17) is 5.73 Å². The summed E-state index contributed by atoms with van der Waals surface area (Å²) in [5.74, 6) is -0.180. The number of hydrogen-bond donors (Lipinski definition) is 1. The highest BCUT2D eigenvalue weighted by Gasteiger charge is 2.37. The van der Waals surface area contributed by atoms with Crippen LogP contribution < -0.4 is 10.6 Å². The van der Waals surface area contributed by atoms with Crippen molar-refractivity contribution in [1.82, 2.24) is 4.90 Å². The zero-order chi connectivity index (χ0) is 13.2. The Kier molecular flexibility index (Phi) is 3.88. The quantitative estimate of drug-likeness (QED) is 0.887. The van der Waals surface area contributed by atoms with Crippen molar-refractivity contribution in [2.75, 3.05) is 38.6 Å². The normalized spacial score (nSPS) is 25.1. The molecule has 2 rings (SSSR count). The van der Waals surface area contributed by atoms with E-state index in [1.54, 1.807) is 6.07 Å². The average Bonchev–Trinajstić information content (AvgIpc) is 2.38. The summed E-state index contributed by atoms with van der Waals surface area (Å²) in [6, 6.07) is 6.91. The summed E-state index contributed by atoms with van der Waals surface area (Å²) >= 11 is 0. The van der Waals surface area contributed by atoms with Gasteiger partial charge in [-0.25, -0.2) is 4.39 Å². The van der Waals surface area contributed by atoms with Gasteiger partial charge in [0.15, 0.2) is 0 Å². The maximum atomic E-state index is 13.9. The Balaban J connectivity index is 2.30. The van der Waals surface area contributed by atoms with E-state index in [2.05, 4.69) is 11.9 Å². The highest BCUT2D eigenvalue weighted by molar-refractivity contribution is 5.50. The van der Waals surface area contributed by atoms with Gasteiger partial charge in [-0.15, -0.1) is 0 Å². The van der Waals surface area contributed by atoms with E-state index in [1.807, 2.05) is 24.1 Å². The summed E-state index contributed by atoms with van der Waals surface area (Å²) < 4.78 is 13.9.